The SMILES string of the molecule is CCCCCCCCCCCCCCCCCCCCCCCC(=O)[O-].CCc1ccc(C(=O)[O-])cc1.[CH2]CCC.[CH2]CCC.[Sn+2]. The third-order valence-electron chi connectivity index (χ3n) is 7.79. The van der Waals surface area contributed by atoms with Crippen molar-refractivity contribution in [2.75, 3.05) is 0 Å². The largest absolute Gasteiger partial charge is 2.00 e. The van der Waals surface area contributed by atoms with Gasteiger partial charge in [0, 0.05) is 5.97 Å². The topological polar surface area (TPSA) is 80.3 Å². The molecule has 46 heavy (non-hydrogen) atoms. The number of hydrogen-bond acceptors (Lipinski definition) is 4. The molecule has 0 bridgehead atoms. The fourth-order valence-electron chi connectivity index (χ4n) is 4.58. The Morgan fingerprint density at radius 2 is 0.783 bits per heavy atom. The molecule has 0 aliphatic heterocycles. The summed E-state index contributed by atoms with van der Waals surface area (Å²) in [6.45, 7) is 15.8. The van der Waals surface area contributed by atoms with Crippen molar-refractivity contribution in [2.45, 2.75) is 201 Å². The van der Waals surface area contributed by atoms with Gasteiger partial charge in [0.15, 0.2) is 0 Å². The molecule has 0 fully saturated rings. The average Bonchev–Trinajstić information content (AvgIpc) is 3.05. The molecule has 0 N–H and O–H groups in total. The molecule has 0 spiro atoms. The zero-order valence-electron chi connectivity index (χ0n) is 30.9. The van der Waals surface area contributed by atoms with Gasteiger partial charge in [-0.1, -0.05) is 220 Å². The van der Waals surface area contributed by atoms with E-state index < -0.39 is 11.9 Å². The van der Waals surface area contributed by atoms with Crippen LogP contribution in [-0.2, 0) is 11.2 Å². The van der Waals surface area contributed by atoms with E-state index in [0.717, 1.165) is 37.7 Å². The van der Waals surface area contributed by atoms with Crippen LogP contribution in [0.5, 0.6) is 0 Å². The first-order valence-corrected chi connectivity index (χ1v) is 18.9. The number of aromatic carboxylic acids is 1. The van der Waals surface area contributed by atoms with Crippen LogP contribution >= 0.6 is 0 Å². The minimum atomic E-state index is -1.12. The Hall–Kier alpha value is -1.04. The molecule has 0 saturated carbocycles. The summed E-state index contributed by atoms with van der Waals surface area (Å²) in [7, 11) is 0. The number of carboxylic acids is 2. The number of carbonyl (C=O) groups excluding carboxylic acids is 2. The third kappa shape index (κ3) is 47.4. The first-order chi connectivity index (χ1) is 21.8. The normalized spacial score (nSPS) is 9.87. The number of carboxylic acid groups (broad SMARTS) is 2. The maximum atomic E-state index is 10.3. The van der Waals surface area contributed by atoms with Crippen LogP contribution in [0.15, 0.2) is 24.3 Å². The second kappa shape index (κ2) is 46.1. The van der Waals surface area contributed by atoms with Gasteiger partial charge in [-0.25, -0.2) is 0 Å². The summed E-state index contributed by atoms with van der Waals surface area (Å²) in [6.07, 6.45) is 34.2. The zero-order chi connectivity index (χ0) is 34.2. The van der Waals surface area contributed by atoms with Gasteiger partial charge in [-0.3, -0.25) is 0 Å². The van der Waals surface area contributed by atoms with Crippen LogP contribution in [0.25, 0.3) is 0 Å². The number of aliphatic carboxylic acids is 1. The van der Waals surface area contributed by atoms with Gasteiger partial charge in [0.25, 0.3) is 0 Å². The molecule has 1 aromatic carbocycles. The molecule has 1 rings (SSSR count). The van der Waals surface area contributed by atoms with Gasteiger partial charge >= 0.3 is 23.9 Å². The Kier molecular flexibility index (Phi) is 51.9. The second-order valence-electron chi connectivity index (χ2n) is 12.2. The van der Waals surface area contributed by atoms with Gasteiger partial charge in [0.1, 0.15) is 0 Å². The van der Waals surface area contributed by atoms with Crippen LogP contribution < -0.4 is 10.2 Å². The minimum absolute atomic E-state index is 0. The van der Waals surface area contributed by atoms with E-state index >= 15 is 0 Å². The maximum Gasteiger partial charge on any atom is 2.00 e. The molecule has 0 aromatic heterocycles. The van der Waals surface area contributed by atoms with Gasteiger partial charge in [0.2, 0.25) is 0 Å². The molecule has 0 atom stereocenters. The van der Waals surface area contributed by atoms with Crippen LogP contribution in [-0.4, -0.2) is 35.8 Å². The Labute approximate surface area is 304 Å². The number of aryl methyl sites for hydroxylation is 1. The minimum Gasteiger partial charge on any atom is -0.550 e. The summed E-state index contributed by atoms with van der Waals surface area (Å²) in [6, 6.07) is 6.72. The summed E-state index contributed by atoms with van der Waals surface area (Å²) in [5, 5.41) is 20.6. The molecular formula is C41H74O4Sn. The predicted octanol–water partition coefficient (Wildman–Crippen LogP) is 10.8. The van der Waals surface area contributed by atoms with Crippen molar-refractivity contribution in [3.05, 3.63) is 49.2 Å². The van der Waals surface area contributed by atoms with Crippen molar-refractivity contribution in [3.8, 4) is 0 Å². The molecule has 5 heteroatoms. The Balaban J connectivity index is -0.000000358. The first-order valence-electron chi connectivity index (χ1n) is 18.9. The van der Waals surface area contributed by atoms with Crippen molar-refractivity contribution in [2.24, 2.45) is 0 Å². The van der Waals surface area contributed by atoms with Gasteiger partial charge in [-0.2, -0.15) is 0 Å². The number of benzene rings is 1. The maximum absolute atomic E-state index is 10.3. The fourth-order valence-corrected chi connectivity index (χ4v) is 4.58. The molecule has 4 nitrogen and oxygen atoms in total. The Morgan fingerprint density at radius 3 is 1.00 bits per heavy atom. The van der Waals surface area contributed by atoms with Crippen molar-refractivity contribution < 1.29 is 19.8 Å². The van der Waals surface area contributed by atoms with Crippen LogP contribution in [0.4, 0.5) is 0 Å². The van der Waals surface area contributed by atoms with E-state index in [4.69, 9.17) is 0 Å². The fraction of sp³-hybridized carbons (Fsp3) is 0.756. The summed E-state index contributed by atoms with van der Waals surface area (Å²) < 4.78 is 0. The predicted molar refractivity (Wildman–Crippen MR) is 199 cm³/mol. The molecule has 0 aliphatic carbocycles. The summed E-state index contributed by atoms with van der Waals surface area (Å²) in [5.41, 5.74) is 1.37. The average molecular weight is 750 g/mol. The third-order valence-corrected chi connectivity index (χ3v) is 7.79. The Bertz CT molecular complexity index is 697. The van der Waals surface area contributed by atoms with Crippen molar-refractivity contribution in [1.29, 1.82) is 0 Å². The van der Waals surface area contributed by atoms with E-state index in [9.17, 15) is 19.8 Å². The molecule has 1 aromatic rings. The molecule has 4 radical (unpaired) electrons. The zero-order valence-corrected chi connectivity index (χ0v) is 33.8. The molecule has 266 valence electrons. The van der Waals surface area contributed by atoms with Crippen LogP contribution in [0, 0.1) is 13.8 Å². The van der Waals surface area contributed by atoms with Crippen LogP contribution in [0.2, 0.25) is 0 Å². The molecule has 0 saturated heterocycles. The molecule has 0 aliphatic rings. The molecule has 0 unspecified atom stereocenters. The van der Waals surface area contributed by atoms with Gasteiger partial charge in [-0.15, -0.1) is 0 Å². The van der Waals surface area contributed by atoms with Crippen molar-refractivity contribution in [1.82, 2.24) is 0 Å². The van der Waals surface area contributed by atoms with Gasteiger partial charge in [0.05, 0.1) is 5.97 Å². The summed E-state index contributed by atoms with van der Waals surface area (Å²) >= 11 is 0. The van der Waals surface area contributed by atoms with E-state index in [-0.39, 0.29) is 35.9 Å². The van der Waals surface area contributed by atoms with E-state index in [2.05, 4.69) is 34.6 Å². The number of rotatable bonds is 26. The van der Waals surface area contributed by atoms with E-state index in [1.165, 1.54) is 135 Å². The van der Waals surface area contributed by atoms with E-state index in [0.29, 0.717) is 0 Å². The van der Waals surface area contributed by atoms with Gasteiger partial charge < -0.3 is 19.8 Å². The Morgan fingerprint density at radius 1 is 0.500 bits per heavy atom. The smallest absolute Gasteiger partial charge is 0.550 e. The summed E-state index contributed by atoms with van der Waals surface area (Å²) in [5.74, 6) is -2.02. The second-order valence-corrected chi connectivity index (χ2v) is 12.2. The van der Waals surface area contributed by atoms with Gasteiger partial charge in [-0.05, 0) is 30.4 Å². The molecular weight excluding hydrogens is 675 g/mol. The monoisotopic (exact) mass is 750 g/mol. The first kappa shape index (κ1) is 51.8. The molecule has 0 heterocycles. The number of hydrogen-bond donors (Lipinski definition) is 0. The quantitative estimate of drug-likeness (QED) is 0.0698. The number of unbranched alkanes of at least 4 members (excludes halogenated alkanes) is 22. The van der Waals surface area contributed by atoms with Crippen LogP contribution in [0.1, 0.15) is 211 Å². The standard InChI is InChI=1S/C24H48O2.C9H10O2.2C4H9.Sn/c1-2-3-4-5-6-7-8-9-10-11-12-13-14-15-16-17-18-19-20-21-22-23-24(25)26;1-2-7-3-5-8(6-4-7)9(10)11;2*1-3-4-2;/h2-23H2,1H3,(H,25,26);3-6H,2H2,1H3,(H,10,11);2*1,3-4H2,2H3;/q;;;;+2/p-2. The molecule has 0 amide bonds. The summed E-state index contributed by atoms with van der Waals surface area (Å²) in [4.78, 5) is 20.6. The van der Waals surface area contributed by atoms with E-state index in [1.807, 2.05) is 6.92 Å². The van der Waals surface area contributed by atoms with Crippen LogP contribution in [0.3, 0.4) is 0 Å². The van der Waals surface area contributed by atoms with Crippen molar-refractivity contribution in [3.63, 3.8) is 0 Å². The van der Waals surface area contributed by atoms with E-state index in [1.54, 1.807) is 24.3 Å². The number of carbonyl (C=O) groups is 2. The van der Waals surface area contributed by atoms with Crippen molar-refractivity contribution >= 4 is 35.8 Å².